The van der Waals surface area contributed by atoms with E-state index >= 15 is 0 Å². The maximum atomic E-state index is 12.3. The van der Waals surface area contributed by atoms with Gasteiger partial charge in [0.25, 0.3) is 0 Å². The minimum Gasteiger partial charge on any atom is -0.454 e. The lowest BCUT2D eigenvalue weighted by Gasteiger charge is -2.28. The highest BCUT2D eigenvalue weighted by Gasteiger charge is 2.26. The van der Waals surface area contributed by atoms with E-state index in [0.717, 1.165) is 58.0 Å². The van der Waals surface area contributed by atoms with Crippen LogP contribution in [0.5, 0.6) is 17.2 Å². The van der Waals surface area contributed by atoms with Crippen LogP contribution in [0.3, 0.4) is 0 Å². The number of hydrogen-bond acceptors (Lipinski definition) is 5. The van der Waals surface area contributed by atoms with Crippen LogP contribution in [0.25, 0.3) is 11.0 Å². The molecule has 1 unspecified atom stereocenters. The largest absolute Gasteiger partial charge is 0.454 e. The lowest BCUT2D eigenvalue weighted by molar-refractivity contribution is -0.945. The monoisotopic (exact) mass is 394 g/mol. The van der Waals surface area contributed by atoms with E-state index in [1.54, 1.807) is 0 Å². The zero-order valence-corrected chi connectivity index (χ0v) is 16.9. The molecule has 6 nitrogen and oxygen atoms in total. The van der Waals surface area contributed by atoms with Crippen molar-refractivity contribution in [1.29, 1.82) is 0 Å². The summed E-state index contributed by atoms with van der Waals surface area (Å²) in [7, 11) is 0. The molecular formula is C23H24NO5+. The smallest absolute Gasteiger partial charge is 0.339 e. The van der Waals surface area contributed by atoms with Crippen molar-refractivity contribution in [3.05, 3.63) is 62.5 Å². The average molecular weight is 394 g/mol. The van der Waals surface area contributed by atoms with Crippen LogP contribution in [-0.2, 0) is 19.5 Å². The Morgan fingerprint density at radius 2 is 1.86 bits per heavy atom. The molecule has 2 aliphatic heterocycles. The molecule has 5 rings (SSSR count). The lowest BCUT2D eigenvalue weighted by Crippen LogP contribution is -3.10. The minimum atomic E-state index is -0.244. The predicted molar refractivity (Wildman–Crippen MR) is 108 cm³/mol. The van der Waals surface area contributed by atoms with Crippen LogP contribution >= 0.6 is 0 Å². The van der Waals surface area contributed by atoms with Gasteiger partial charge in [-0.15, -0.1) is 0 Å². The molecule has 6 heteroatoms. The second-order valence-corrected chi connectivity index (χ2v) is 7.79. The van der Waals surface area contributed by atoms with Crippen LogP contribution in [0.2, 0.25) is 0 Å². The van der Waals surface area contributed by atoms with E-state index in [1.807, 2.05) is 32.9 Å². The summed E-state index contributed by atoms with van der Waals surface area (Å²) in [6.07, 6.45) is 0.665. The summed E-state index contributed by atoms with van der Waals surface area (Å²) in [5, 5.41) is 1.01. The van der Waals surface area contributed by atoms with Gasteiger partial charge in [0.05, 0.1) is 0 Å². The van der Waals surface area contributed by atoms with Gasteiger partial charge in [-0.05, 0) is 50.1 Å². The van der Waals surface area contributed by atoms with Crippen molar-refractivity contribution in [3.8, 4) is 17.2 Å². The van der Waals surface area contributed by atoms with Crippen LogP contribution in [0, 0.1) is 13.8 Å². The molecule has 0 radical (unpaired) electrons. The molecule has 0 spiro atoms. The van der Waals surface area contributed by atoms with Crippen molar-refractivity contribution in [2.75, 3.05) is 13.5 Å². The van der Waals surface area contributed by atoms with E-state index in [1.165, 1.54) is 10.5 Å². The topological polar surface area (TPSA) is 62.3 Å². The van der Waals surface area contributed by atoms with Gasteiger partial charge in [0.15, 0.2) is 11.5 Å². The summed E-state index contributed by atoms with van der Waals surface area (Å²) >= 11 is 0. The summed E-state index contributed by atoms with van der Waals surface area (Å²) in [5.41, 5.74) is 5.39. The highest BCUT2D eigenvalue weighted by Crippen LogP contribution is 2.35. The molecule has 0 fully saturated rings. The molecule has 0 saturated heterocycles. The van der Waals surface area contributed by atoms with Crippen molar-refractivity contribution >= 4 is 11.0 Å². The summed E-state index contributed by atoms with van der Waals surface area (Å²) < 4.78 is 22.7. The number of fused-ring (bicyclic) bond motifs is 3. The molecule has 0 aliphatic carbocycles. The zero-order chi connectivity index (χ0) is 20.1. The molecule has 0 bridgehead atoms. The third kappa shape index (κ3) is 2.95. The van der Waals surface area contributed by atoms with Gasteiger partial charge in [0, 0.05) is 27.6 Å². The molecule has 29 heavy (non-hydrogen) atoms. The number of hydrogen-bond donors (Lipinski definition) is 1. The fourth-order valence-corrected chi connectivity index (χ4v) is 4.42. The Labute approximate surface area is 168 Å². The van der Waals surface area contributed by atoms with Gasteiger partial charge in [-0.1, -0.05) is 6.92 Å². The number of ether oxygens (including phenoxy) is 3. The van der Waals surface area contributed by atoms with Gasteiger partial charge in [0.2, 0.25) is 13.5 Å². The first-order valence-electron chi connectivity index (χ1n) is 9.98. The first-order valence-corrected chi connectivity index (χ1v) is 9.98. The van der Waals surface area contributed by atoms with E-state index in [4.69, 9.17) is 18.6 Å². The summed E-state index contributed by atoms with van der Waals surface area (Å²) in [5.74, 6) is 2.45. The molecule has 1 aromatic heterocycles. The molecular weight excluding hydrogens is 370 g/mol. The molecule has 1 atom stereocenters. The summed E-state index contributed by atoms with van der Waals surface area (Å²) in [6, 6.07) is 8.22. The molecule has 3 heterocycles. The number of rotatable bonds is 3. The maximum Gasteiger partial charge on any atom is 0.339 e. The van der Waals surface area contributed by atoms with Gasteiger partial charge < -0.3 is 18.6 Å². The quantitative estimate of drug-likeness (QED) is 0.692. The lowest BCUT2D eigenvalue weighted by atomic mass is 9.98. The fourth-order valence-electron chi connectivity index (χ4n) is 4.42. The molecule has 3 aromatic rings. The molecule has 1 N–H and O–H groups in total. The highest BCUT2D eigenvalue weighted by atomic mass is 16.7. The first kappa shape index (κ1) is 18.1. The van der Waals surface area contributed by atoms with Crippen LogP contribution in [0.15, 0.2) is 33.5 Å². The maximum absolute atomic E-state index is 12.3. The van der Waals surface area contributed by atoms with Crippen molar-refractivity contribution in [3.63, 3.8) is 0 Å². The number of benzene rings is 2. The molecule has 0 amide bonds. The van der Waals surface area contributed by atoms with Gasteiger partial charge in [0.1, 0.15) is 24.4 Å². The predicted octanol–water partition coefficient (Wildman–Crippen LogP) is 2.64. The number of nitrogens with one attached hydrogen (secondary N) is 1. The fraction of sp³-hybridized carbons (Fsp3) is 0.348. The first-order chi connectivity index (χ1) is 14.0. The Hall–Kier alpha value is -2.99. The van der Waals surface area contributed by atoms with Crippen LogP contribution < -0.4 is 24.7 Å². The van der Waals surface area contributed by atoms with E-state index < -0.39 is 0 Å². The van der Waals surface area contributed by atoms with E-state index in [-0.39, 0.29) is 12.4 Å². The highest BCUT2D eigenvalue weighted by molar-refractivity contribution is 5.87. The van der Waals surface area contributed by atoms with Gasteiger partial charge in [-0.25, -0.2) is 4.79 Å². The molecule has 2 aliphatic rings. The Morgan fingerprint density at radius 3 is 2.69 bits per heavy atom. The Balaban J connectivity index is 1.49. The molecule has 150 valence electrons. The third-order valence-electron chi connectivity index (χ3n) is 5.94. The minimum absolute atomic E-state index is 0.244. The number of aryl methyl sites for hydroxylation is 2. The van der Waals surface area contributed by atoms with Crippen molar-refractivity contribution < 1.29 is 23.5 Å². The van der Waals surface area contributed by atoms with E-state index in [0.29, 0.717) is 18.7 Å². The standard InChI is InChI=1S/C23H23NO5/c1-4-17-13(2)18-8-16-10-24(9-15-5-6-19-20(7-15)28-12-27-19)11-26-21(16)14(3)22(18)29-23(17)25/h5-8H,4,9-12H2,1-3H3/p+1. The summed E-state index contributed by atoms with van der Waals surface area (Å²) in [4.78, 5) is 13.6. The average Bonchev–Trinajstić information content (AvgIpc) is 3.17. The van der Waals surface area contributed by atoms with Crippen LogP contribution in [-0.4, -0.2) is 13.5 Å². The van der Waals surface area contributed by atoms with Crippen molar-refractivity contribution in [2.24, 2.45) is 0 Å². The SMILES string of the molecule is CCc1c(C)c2cc3c(c(C)c2oc1=O)OC[NH+](Cc1ccc2c(c1)OCO2)C3. The second-order valence-electron chi connectivity index (χ2n) is 7.79. The number of quaternary nitrogens is 1. The Kier molecular flexibility index (Phi) is 4.24. The van der Waals surface area contributed by atoms with E-state index in [2.05, 4.69) is 12.1 Å². The normalized spacial score (nSPS) is 17.3. The summed E-state index contributed by atoms with van der Waals surface area (Å²) in [6.45, 7) is 8.48. The van der Waals surface area contributed by atoms with Crippen LogP contribution in [0.4, 0.5) is 0 Å². The Morgan fingerprint density at radius 1 is 1.03 bits per heavy atom. The van der Waals surface area contributed by atoms with Crippen LogP contribution in [0.1, 0.15) is 34.7 Å². The van der Waals surface area contributed by atoms with Gasteiger partial charge in [-0.3, -0.25) is 4.90 Å². The molecule has 0 saturated carbocycles. The third-order valence-corrected chi connectivity index (χ3v) is 5.94. The van der Waals surface area contributed by atoms with Crippen molar-refractivity contribution in [2.45, 2.75) is 40.3 Å². The zero-order valence-electron chi connectivity index (χ0n) is 16.9. The van der Waals surface area contributed by atoms with Gasteiger partial charge >= 0.3 is 5.63 Å². The Bertz CT molecular complexity index is 1180. The molecule has 2 aromatic carbocycles. The van der Waals surface area contributed by atoms with Gasteiger partial charge in [-0.2, -0.15) is 0 Å². The second kappa shape index (κ2) is 6.81. The van der Waals surface area contributed by atoms with E-state index in [9.17, 15) is 4.79 Å². The van der Waals surface area contributed by atoms with Crippen molar-refractivity contribution in [1.82, 2.24) is 0 Å².